The molecule has 1 aromatic carbocycles. The van der Waals surface area contributed by atoms with Gasteiger partial charge >= 0.3 is 7.12 Å². The first-order valence-electron chi connectivity index (χ1n) is 7.13. The molecule has 0 N–H and O–H groups in total. The van der Waals surface area contributed by atoms with Gasteiger partial charge in [-0.15, -0.1) is 0 Å². The van der Waals surface area contributed by atoms with Gasteiger partial charge in [-0.3, -0.25) is 0 Å². The van der Waals surface area contributed by atoms with E-state index < -0.39 is 0 Å². The Morgan fingerprint density at radius 3 is 2.11 bits per heavy atom. The van der Waals surface area contributed by atoms with Crippen LogP contribution in [0.2, 0.25) is 5.82 Å². The van der Waals surface area contributed by atoms with E-state index in [1.165, 1.54) is 11.1 Å². The van der Waals surface area contributed by atoms with Gasteiger partial charge in [0.1, 0.15) is 0 Å². The smallest absolute Gasteiger partial charge is 0.403 e. The molecule has 104 valence electrons. The van der Waals surface area contributed by atoms with Gasteiger partial charge in [0.25, 0.3) is 0 Å². The van der Waals surface area contributed by atoms with Crippen LogP contribution in [0.3, 0.4) is 0 Å². The van der Waals surface area contributed by atoms with Gasteiger partial charge < -0.3 is 9.31 Å². The summed E-state index contributed by atoms with van der Waals surface area (Å²) in [5, 5.41) is 0. The highest BCUT2D eigenvalue weighted by Crippen LogP contribution is 2.40. The molecule has 2 nitrogen and oxygen atoms in total. The summed E-state index contributed by atoms with van der Waals surface area (Å²) in [6, 6.07) is 8.53. The summed E-state index contributed by atoms with van der Waals surface area (Å²) in [5.41, 5.74) is 2.24. The van der Waals surface area contributed by atoms with Crippen molar-refractivity contribution in [2.75, 3.05) is 0 Å². The first-order chi connectivity index (χ1) is 8.73. The van der Waals surface area contributed by atoms with Crippen LogP contribution in [-0.4, -0.2) is 18.3 Å². The van der Waals surface area contributed by atoms with Crippen molar-refractivity contribution < 1.29 is 9.31 Å². The van der Waals surface area contributed by atoms with E-state index >= 15 is 0 Å². The Morgan fingerprint density at radius 1 is 1.05 bits per heavy atom. The maximum absolute atomic E-state index is 6.12. The van der Waals surface area contributed by atoms with E-state index in [4.69, 9.17) is 9.31 Å². The van der Waals surface area contributed by atoms with Crippen LogP contribution in [0.15, 0.2) is 24.3 Å². The summed E-state index contributed by atoms with van der Waals surface area (Å²) in [7, 11) is -0.121. The van der Waals surface area contributed by atoms with E-state index in [-0.39, 0.29) is 18.3 Å². The Labute approximate surface area is 117 Å². The molecular weight excluding hydrogens is 235 g/mol. The molecule has 1 aromatic rings. The van der Waals surface area contributed by atoms with Crippen molar-refractivity contribution in [2.24, 2.45) is 0 Å². The summed E-state index contributed by atoms with van der Waals surface area (Å²) in [6.45, 7) is 12.8. The molecule has 0 radical (unpaired) electrons. The highest BCUT2D eigenvalue weighted by Gasteiger charge is 2.52. The molecule has 1 aliphatic heterocycles. The molecule has 0 amide bonds. The summed E-state index contributed by atoms with van der Waals surface area (Å²) in [5.74, 6) is 0.349. The van der Waals surface area contributed by atoms with Crippen LogP contribution in [0.25, 0.3) is 0 Å². The minimum Gasteiger partial charge on any atom is -0.403 e. The SMILES string of the molecule is Cc1ccccc1CC(C)B1OC(C)(C)C(C)(C)O1. The molecule has 1 saturated heterocycles. The molecule has 1 unspecified atom stereocenters. The van der Waals surface area contributed by atoms with Crippen molar-refractivity contribution >= 4 is 7.12 Å². The second kappa shape index (κ2) is 4.95. The maximum Gasteiger partial charge on any atom is 0.461 e. The van der Waals surface area contributed by atoms with Gasteiger partial charge in [-0.05, 0) is 58.0 Å². The zero-order valence-electron chi connectivity index (χ0n) is 13.0. The van der Waals surface area contributed by atoms with E-state index in [1.54, 1.807) is 0 Å². The second-order valence-electron chi connectivity index (χ2n) is 6.73. The van der Waals surface area contributed by atoms with E-state index in [9.17, 15) is 0 Å². The van der Waals surface area contributed by atoms with Crippen LogP contribution in [0.4, 0.5) is 0 Å². The molecule has 0 bridgehead atoms. The van der Waals surface area contributed by atoms with E-state index in [1.807, 2.05) is 0 Å². The Morgan fingerprint density at radius 2 is 1.58 bits per heavy atom. The normalized spacial score (nSPS) is 22.5. The number of hydrogen-bond donors (Lipinski definition) is 0. The highest BCUT2D eigenvalue weighted by atomic mass is 16.7. The summed E-state index contributed by atoms with van der Waals surface area (Å²) >= 11 is 0. The van der Waals surface area contributed by atoms with Gasteiger partial charge in [0, 0.05) is 0 Å². The minimum atomic E-state index is -0.238. The minimum absolute atomic E-state index is 0.121. The molecule has 1 heterocycles. The van der Waals surface area contributed by atoms with E-state index in [0.29, 0.717) is 5.82 Å². The number of benzene rings is 1. The predicted molar refractivity (Wildman–Crippen MR) is 80.4 cm³/mol. The van der Waals surface area contributed by atoms with E-state index in [2.05, 4.69) is 65.8 Å². The third-order valence-electron chi connectivity index (χ3n) is 4.54. The second-order valence-corrected chi connectivity index (χ2v) is 6.73. The lowest BCUT2D eigenvalue weighted by molar-refractivity contribution is 0.00578. The predicted octanol–water partition coefficient (Wildman–Crippen LogP) is 4.02. The molecule has 0 spiro atoms. The lowest BCUT2D eigenvalue weighted by Gasteiger charge is -2.32. The monoisotopic (exact) mass is 260 g/mol. The van der Waals surface area contributed by atoms with Crippen LogP contribution in [-0.2, 0) is 15.7 Å². The molecule has 19 heavy (non-hydrogen) atoms. The third-order valence-corrected chi connectivity index (χ3v) is 4.54. The van der Waals surface area contributed by atoms with Gasteiger partial charge in [0.15, 0.2) is 0 Å². The van der Waals surface area contributed by atoms with Crippen molar-refractivity contribution in [1.82, 2.24) is 0 Å². The zero-order chi connectivity index (χ0) is 14.3. The third kappa shape index (κ3) is 2.87. The van der Waals surface area contributed by atoms with Crippen LogP contribution in [0, 0.1) is 6.92 Å². The maximum atomic E-state index is 6.12. The standard InChI is InChI=1S/C16H25BO2/c1-12-9-7-8-10-14(12)11-13(2)17-18-15(3,4)16(5,6)19-17/h7-10,13H,11H2,1-6H3. The molecule has 2 rings (SSSR count). The number of hydrogen-bond acceptors (Lipinski definition) is 2. The average molecular weight is 260 g/mol. The number of rotatable bonds is 3. The lowest BCUT2D eigenvalue weighted by Crippen LogP contribution is -2.41. The molecule has 1 fully saturated rings. The molecule has 1 atom stereocenters. The van der Waals surface area contributed by atoms with Crippen LogP contribution >= 0.6 is 0 Å². The first-order valence-corrected chi connectivity index (χ1v) is 7.13. The van der Waals surface area contributed by atoms with Gasteiger partial charge in [0.05, 0.1) is 11.2 Å². The highest BCUT2D eigenvalue weighted by molar-refractivity contribution is 6.47. The fourth-order valence-electron chi connectivity index (χ4n) is 2.40. The Bertz CT molecular complexity index is 438. The van der Waals surface area contributed by atoms with Gasteiger partial charge in [-0.1, -0.05) is 31.2 Å². The quantitative estimate of drug-likeness (QED) is 0.764. The van der Waals surface area contributed by atoms with Crippen molar-refractivity contribution in [1.29, 1.82) is 0 Å². The Balaban J connectivity index is 2.07. The topological polar surface area (TPSA) is 18.5 Å². The Kier molecular flexibility index (Phi) is 3.81. The molecular formula is C16H25BO2. The molecule has 3 heteroatoms. The first kappa shape index (κ1) is 14.6. The summed E-state index contributed by atoms with van der Waals surface area (Å²) < 4.78 is 12.2. The molecule has 0 aliphatic carbocycles. The largest absolute Gasteiger partial charge is 0.461 e. The van der Waals surface area contributed by atoms with E-state index in [0.717, 1.165) is 6.42 Å². The molecule has 0 aromatic heterocycles. The van der Waals surface area contributed by atoms with Crippen molar-refractivity contribution in [3.63, 3.8) is 0 Å². The average Bonchev–Trinajstić information content (AvgIpc) is 2.51. The van der Waals surface area contributed by atoms with Crippen LogP contribution in [0.1, 0.15) is 45.7 Å². The summed E-state index contributed by atoms with van der Waals surface area (Å²) in [6.07, 6.45) is 0.990. The van der Waals surface area contributed by atoms with Crippen molar-refractivity contribution in [2.45, 2.75) is 65.0 Å². The molecule has 0 saturated carbocycles. The fraction of sp³-hybridized carbons (Fsp3) is 0.625. The summed E-state index contributed by atoms with van der Waals surface area (Å²) in [4.78, 5) is 0. The van der Waals surface area contributed by atoms with Crippen LogP contribution in [0.5, 0.6) is 0 Å². The van der Waals surface area contributed by atoms with Crippen molar-refractivity contribution in [3.05, 3.63) is 35.4 Å². The van der Waals surface area contributed by atoms with Gasteiger partial charge in [-0.25, -0.2) is 0 Å². The Hall–Kier alpha value is -0.795. The lowest BCUT2D eigenvalue weighted by atomic mass is 9.70. The van der Waals surface area contributed by atoms with Crippen LogP contribution < -0.4 is 0 Å². The van der Waals surface area contributed by atoms with Crippen molar-refractivity contribution in [3.8, 4) is 0 Å². The van der Waals surface area contributed by atoms with Gasteiger partial charge in [-0.2, -0.15) is 0 Å². The molecule has 1 aliphatic rings. The fourth-order valence-corrected chi connectivity index (χ4v) is 2.40. The zero-order valence-corrected chi connectivity index (χ0v) is 13.0. The number of aryl methyl sites for hydroxylation is 1. The van der Waals surface area contributed by atoms with Gasteiger partial charge in [0.2, 0.25) is 0 Å².